The average molecular weight is 199 g/mol. The van der Waals surface area contributed by atoms with Crippen LogP contribution in [0.4, 0.5) is 0 Å². The van der Waals surface area contributed by atoms with Crippen LogP contribution >= 0.6 is 11.6 Å². The molecule has 1 atom stereocenters. The minimum atomic E-state index is 0.279. The summed E-state index contributed by atoms with van der Waals surface area (Å²) in [5, 5.41) is 0. The van der Waals surface area contributed by atoms with Crippen molar-refractivity contribution in [3.05, 3.63) is 29.8 Å². The van der Waals surface area contributed by atoms with Crippen molar-refractivity contribution in [1.29, 1.82) is 0 Å². The van der Waals surface area contributed by atoms with Crippen LogP contribution in [0, 0.1) is 0 Å². The van der Waals surface area contributed by atoms with E-state index in [1.807, 2.05) is 24.3 Å². The van der Waals surface area contributed by atoms with Gasteiger partial charge in [0.2, 0.25) is 0 Å². The van der Waals surface area contributed by atoms with E-state index in [4.69, 9.17) is 16.3 Å². The molecule has 0 saturated carbocycles. The van der Waals surface area contributed by atoms with Gasteiger partial charge in [-0.25, -0.2) is 0 Å². The molecule has 0 N–H and O–H groups in total. The Hall–Kier alpha value is -0.690. The SMILES string of the molecule is CCC(C)Oc1ccc(CCl)cc1. The molecule has 1 aromatic carbocycles. The molecule has 1 unspecified atom stereocenters. The molecule has 0 spiro atoms. The summed E-state index contributed by atoms with van der Waals surface area (Å²) in [6.07, 6.45) is 1.30. The summed E-state index contributed by atoms with van der Waals surface area (Å²) >= 11 is 5.67. The maximum atomic E-state index is 5.67. The van der Waals surface area contributed by atoms with Crippen LogP contribution in [-0.2, 0) is 5.88 Å². The van der Waals surface area contributed by atoms with E-state index in [2.05, 4.69) is 13.8 Å². The fourth-order valence-electron chi connectivity index (χ4n) is 0.973. The van der Waals surface area contributed by atoms with Crippen LogP contribution in [0.2, 0.25) is 0 Å². The largest absolute Gasteiger partial charge is 0.491 e. The third kappa shape index (κ3) is 3.27. The van der Waals surface area contributed by atoms with Crippen LogP contribution in [0.3, 0.4) is 0 Å². The molecule has 1 rings (SSSR count). The van der Waals surface area contributed by atoms with Crippen LogP contribution in [0.25, 0.3) is 0 Å². The molecule has 2 heteroatoms. The first kappa shape index (κ1) is 10.4. The molecular weight excluding hydrogens is 184 g/mol. The van der Waals surface area contributed by atoms with Gasteiger partial charge < -0.3 is 4.74 Å². The van der Waals surface area contributed by atoms with Gasteiger partial charge in [0.15, 0.2) is 0 Å². The number of alkyl halides is 1. The summed E-state index contributed by atoms with van der Waals surface area (Å²) < 4.78 is 5.62. The number of halogens is 1. The van der Waals surface area contributed by atoms with E-state index >= 15 is 0 Å². The van der Waals surface area contributed by atoms with Gasteiger partial charge in [0, 0.05) is 5.88 Å². The van der Waals surface area contributed by atoms with Crippen molar-refractivity contribution in [3.8, 4) is 5.75 Å². The lowest BCUT2D eigenvalue weighted by atomic mass is 10.2. The van der Waals surface area contributed by atoms with Gasteiger partial charge in [-0.05, 0) is 31.0 Å². The van der Waals surface area contributed by atoms with Gasteiger partial charge in [0.05, 0.1) is 6.10 Å². The van der Waals surface area contributed by atoms with Gasteiger partial charge >= 0.3 is 0 Å². The fraction of sp³-hybridized carbons (Fsp3) is 0.455. The molecule has 1 aromatic rings. The highest BCUT2D eigenvalue weighted by Gasteiger charge is 1.99. The normalized spacial score (nSPS) is 12.5. The van der Waals surface area contributed by atoms with Gasteiger partial charge in [0.1, 0.15) is 5.75 Å². The van der Waals surface area contributed by atoms with Gasteiger partial charge in [-0.1, -0.05) is 19.1 Å². The molecule has 0 radical (unpaired) electrons. The third-order valence-corrected chi connectivity index (χ3v) is 2.30. The summed E-state index contributed by atoms with van der Waals surface area (Å²) in [4.78, 5) is 0. The van der Waals surface area contributed by atoms with Crippen molar-refractivity contribution in [1.82, 2.24) is 0 Å². The number of ether oxygens (including phenoxy) is 1. The van der Waals surface area contributed by atoms with E-state index in [1.165, 1.54) is 0 Å². The molecule has 0 aliphatic rings. The van der Waals surface area contributed by atoms with E-state index in [0.29, 0.717) is 5.88 Å². The second-order valence-corrected chi connectivity index (χ2v) is 3.38. The smallest absolute Gasteiger partial charge is 0.119 e. The lowest BCUT2D eigenvalue weighted by Gasteiger charge is -2.12. The van der Waals surface area contributed by atoms with E-state index in [0.717, 1.165) is 17.7 Å². The van der Waals surface area contributed by atoms with E-state index < -0.39 is 0 Å². The maximum Gasteiger partial charge on any atom is 0.119 e. The summed E-state index contributed by atoms with van der Waals surface area (Å²) in [7, 11) is 0. The first-order valence-electron chi connectivity index (χ1n) is 4.57. The predicted molar refractivity (Wildman–Crippen MR) is 56.4 cm³/mol. The Labute approximate surface area is 84.7 Å². The van der Waals surface area contributed by atoms with Crippen LogP contribution in [0.1, 0.15) is 25.8 Å². The highest BCUT2D eigenvalue weighted by atomic mass is 35.5. The highest BCUT2D eigenvalue weighted by molar-refractivity contribution is 6.17. The number of hydrogen-bond acceptors (Lipinski definition) is 1. The fourth-order valence-corrected chi connectivity index (χ4v) is 1.15. The van der Waals surface area contributed by atoms with Crippen molar-refractivity contribution >= 4 is 11.6 Å². The molecule has 13 heavy (non-hydrogen) atoms. The van der Waals surface area contributed by atoms with Gasteiger partial charge in [-0.15, -0.1) is 11.6 Å². The van der Waals surface area contributed by atoms with Crippen molar-refractivity contribution in [2.24, 2.45) is 0 Å². The zero-order chi connectivity index (χ0) is 9.68. The minimum Gasteiger partial charge on any atom is -0.491 e. The van der Waals surface area contributed by atoms with Gasteiger partial charge in [-0.2, -0.15) is 0 Å². The lowest BCUT2D eigenvalue weighted by molar-refractivity contribution is 0.217. The Morgan fingerprint density at radius 1 is 1.31 bits per heavy atom. The standard InChI is InChI=1S/C11H15ClO/c1-3-9(2)13-11-6-4-10(8-12)5-7-11/h4-7,9H,3,8H2,1-2H3. The third-order valence-electron chi connectivity index (χ3n) is 1.99. The Morgan fingerprint density at radius 2 is 1.92 bits per heavy atom. The average Bonchev–Trinajstić information content (AvgIpc) is 2.19. The van der Waals surface area contributed by atoms with E-state index in [-0.39, 0.29) is 6.10 Å². The Balaban J connectivity index is 2.58. The van der Waals surface area contributed by atoms with Gasteiger partial charge in [-0.3, -0.25) is 0 Å². The van der Waals surface area contributed by atoms with Crippen LogP contribution in [-0.4, -0.2) is 6.10 Å². The predicted octanol–water partition coefficient (Wildman–Crippen LogP) is 3.60. The lowest BCUT2D eigenvalue weighted by Crippen LogP contribution is -2.09. The molecule has 0 fully saturated rings. The summed E-state index contributed by atoms with van der Waals surface area (Å²) in [5.41, 5.74) is 1.12. The molecule has 0 aliphatic carbocycles. The summed E-state index contributed by atoms with van der Waals surface area (Å²) in [6.45, 7) is 4.17. The molecule has 1 nitrogen and oxygen atoms in total. The van der Waals surface area contributed by atoms with Crippen molar-refractivity contribution < 1.29 is 4.74 Å². The summed E-state index contributed by atoms with van der Waals surface area (Å²) in [6, 6.07) is 7.91. The molecule has 0 bridgehead atoms. The number of rotatable bonds is 4. The Bertz CT molecular complexity index is 243. The molecule has 0 saturated heterocycles. The minimum absolute atomic E-state index is 0.279. The van der Waals surface area contributed by atoms with Crippen LogP contribution < -0.4 is 4.74 Å². The van der Waals surface area contributed by atoms with Crippen molar-refractivity contribution in [3.63, 3.8) is 0 Å². The zero-order valence-corrected chi connectivity index (χ0v) is 8.84. The second kappa shape index (κ2) is 5.13. The molecule has 0 aliphatic heterocycles. The first-order chi connectivity index (χ1) is 6.26. The molecule has 72 valence electrons. The Kier molecular flexibility index (Phi) is 4.10. The molecule has 0 heterocycles. The van der Waals surface area contributed by atoms with Crippen molar-refractivity contribution in [2.75, 3.05) is 0 Å². The van der Waals surface area contributed by atoms with Crippen LogP contribution in [0.15, 0.2) is 24.3 Å². The van der Waals surface area contributed by atoms with E-state index in [1.54, 1.807) is 0 Å². The Morgan fingerprint density at radius 3 is 2.38 bits per heavy atom. The van der Waals surface area contributed by atoms with E-state index in [9.17, 15) is 0 Å². The van der Waals surface area contributed by atoms with Crippen molar-refractivity contribution in [2.45, 2.75) is 32.3 Å². The number of hydrogen-bond donors (Lipinski definition) is 0. The maximum absolute atomic E-state index is 5.67. The topological polar surface area (TPSA) is 9.23 Å². The zero-order valence-electron chi connectivity index (χ0n) is 8.09. The highest BCUT2D eigenvalue weighted by Crippen LogP contribution is 2.15. The van der Waals surface area contributed by atoms with Crippen LogP contribution in [0.5, 0.6) is 5.75 Å². The first-order valence-corrected chi connectivity index (χ1v) is 5.11. The molecule has 0 aromatic heterocycles. The quantitative estimate of drug-likeness (QED) is 0.672. The second-order valence-electron chi connectivity index (χ2n) is 3.11. The molecule has 0 amide bonds. The van der Waals surface area contributed by atoms with Gasteiger partial charge in [0.25, 0.3) is 0 Å². The monoisotopic (exact) mass is 198 g/mol. The summed E-state index contributed by atoms with van der Waals surface area (Å²) in [5.74, 6) is 1.48. The molecular formula is C11H15ClO. The number of benzene rings is 1.